The van der Waals surface area contributed by atoms with E-state index in [9.17, 15) is 23.5 Å². The predicted molar refractivity (Wildman–Crippen MR) is 151 cm³/mol. The average molecular weight is 585 g/mol. The molecule has 2 saturated heterocycles. The average Bonchev–Trinajstić information content (AvgIpc) is 3.67. The summed E-state index contributed by atoms with van der Waals surface area (Å²) in [6.45, 7) is 5.47. The van der Waals surface area contributed by atoms with Crippen molar-refractivity contribution in [2.24, 2.45) is 5.41 Å². The van der Waals surface area contributed by atoms with Gasteiger partial charge in [-0.05, 0) is 91.3 Å². The Bertz CT molecular complexity index is 1390. The smallest absolute Gasteiger partial charge is 0.410 e. The second-order valence-corrected chi connectivity index (χ2v) is 14.9. The summed E-state index contributed by atoms with van der Waals surface area (Å²) in [4.78, 5) is 36.1. The zero-order chi connectivity index (χ0) is 28.6. The van der Waals surface area contributed by atoms with Crippen molar-refractivity contribution in [3.8, 4) is 16.9 Å². The predicted octanol–water partition coefficient (Wildman–Crippen LogP) is 5.66. The van der Waals surface area contributed by atoms with E-state index < -0.39 is 13.2 Å². The fourth-order valence-corrected chi connectivity index (χ4v) is 9.31. The molecule has 6 aliphatic rings. The zero-order valence-electron chi connectivity index (χ0n) is 23.5. The number of carbonyl (C=O) groups is 1. The van der Waals surface area contributed by atoms with Gasteiger partial charge in [-0.1, -0.05) is 12.1 Å². The van der Waals surface area contributed by atoms with Crippen LogP contribution in [0.5, 0.6) is 5.75 Å². The Morgan fingerprint density at radius 1 is 1.10 bits per heavy atom. The third-order valence-corrected chi connectivity index (χ3v) is 11.1. The molecule has 0 radical (unpaired) electrons. The lowest BCUT2D eigenvalue weighted by molar-refractivity contribution is -0.188. The number of piperidine rings is 1. The molecule has 41 heavy (non-hydrogen) atoms. The number of halogens is 1. The molecule has 2 bridgehead atoms. The lowest BCUT2D eigenvalue weighted by Crippen LogP contribution is -2.76. The highest BCUT2D eigenvalue weighted by molar-refractivity contribution is 7.51. The van der Waals surface area contributed by atoms with Crippen LogP contribution in [-0.2, 0) is 15.8 Å². The first-order chi connectivity index (χ1) is 19.5. The van der Waals surface area contributed by atoms with Crippen molar-refractivity contribution >= 4 is 13.7 Å². The molecule has 0 aromatic heterocycles. The number of rotatable bonds is 9. The Balaban J connectivity index is 1.03. The molecule has 2 aromatic rings. The van der Waals surface area contributed by atoms with E-state index >= 15 is 0 Å². The highest BCUT2D eigenvalue weighted by atomic mass is 31.2. The molecule has 8 rings (SSSR count). The second-order valence-electron chi connectivity index (χ2n) is 13.3. The van der Waals surface area contributed by atoms with Gasteiger partial charge < -0.3 is 19.3 Å². The Hall–Kier alpha value is -2.45. The minimum absolute atomic E-state index is 0.0815. The van der Waals surface area contributed by atoms with Gasteiger partial charge in [0.05, 0.1) is 19.3 Å². The number of amides is 1. The first-order valence-corrected chi connectivity index (χ1v) is 16.6. The second kappa shape index (κ2) is 9.53. The lowest BCUT2D eigenvalue weighted by atomic mass is 9.39. The van der Waals surface area contributed by atoms with Crippen LogP contribution in [0.4, 0.5) is 9.18 Å². The fourth-order valence-electron chi connectivity index (χ4n) is 8.10. The zero-order valence-corrected chi connectivity index (χ0v) is 24.4. The number of hydrogen-bond donors (Lipinski definition) is 2. The summed E-state index contributed by atoms with van der Waals surface area (Å²) in [5.41, 5.74) is 3.51. The van der Waals surface area contributed by atoms with E-state index in [0.29, 0.717) is 38.3 Å². The van der Waals surface area contributed by atoms with Gasteiger partial charge in [0.25, 0.3) is 0 Å². The largest absolute Gasteiger partial charge is 0.494 e. The maximum absolute atomic E-state index is 13.6. The van der Waals surface area contributed by atoms with Crippen LogP contribution in [0.1, 0.15) is 68.9 Å². The first-order valence-electron chi connectivity index (χ1n) is 14.8. The maximum Gasteiger partial charge on any atom is 0.410 e. The van der Waals surface area contributed by atoms with Crippen molar-refractivity contribution in [2.75, 3.05) is 32.4 Å². The standard InChI is InChI=1S/C31H38FN2O6P/c1-2-39-27-14-26(22-5-7-24(32)8-6-22)25(21-3-4-21)13-23(27)15-33-11-9-31(10-12-33)19-34(28(35)40-31)30-16-29(17-30,18-30)20-41(36,37)38/h5-8,13-14,21H,2-4,9-12,15-20H2,1H3,(H2,36,37,38). The monoisotopic (exact) mass is 584 g/mol. The molecule has 2 heterocycles. The van der Waals surface area contributed by atoms with Crippen LogP contribution >= 0.6 is 7.60 Å². The van der Waals surface area contributed by atoms with E-state index in [1.54, 1.807) is 0 Å². The molecule has 2 N–H and O–H groups in total. The number of benzene rings is 2. The minimum Gasteiger partial charge on any atom is -0.494 e. The Labute approximate surface area is 240 Å². The van der Waals surface area contributed by atoms with Gasteiger partial charge in [-0.3, -0.25) is 14.4 Å². The van der Waals surface area contributed by atoms with Gasteiger partial charge in [0.15, 0.2) is 0 Å². The van der Waals surface area contributed by atoms with Gasteiger partial charge in [0.2, 0.25) is 0 Å². The molecule has 1 amide bonds. The van der Waals surface area contributed by atoms with Gasteiger partial charge in [0.1, 0.15) is 17.2 Å². The van der Waals surface area contributed by atoms with Crippen LogP contribution in [0.3, 0.4) is 0 Å². The third kappa shape index (κ3) is 4.99. The van der Waals surface area contributed by atoms with Crippen molar-refractivity contribution < 1.29 is 33.0 Å². The van der Waals surface area contributed by atoms with E-state index in [2.05, 4.69) is 17.0 Å². The van der Waals surface area contributed by atoms with Crippen molar-refractivity contribution in [2.45, 2.75) is 75.5 Å². The molecule has 220 valence electrons. The molecule has 6 fully saturated rings. The summed E-state index contributed by atoms with van der Waals surface area (Å²) >= 11 is 0. The molecule has 4 aliphatic carbocycles. The van der Waals surface area contributed by atoms with Crippen molar-refractivity contribution in [3.05, 3.63) is 53.3 Å². The van der Waals surface area contributed by atoms with Crippen molar-refractivity contribution in [1.29, 1.82) is 0 Å². The first kappa shape index (κ1) is 27.4. The van der Waals surface area contributed by atoms with Gasteiger partial charge in [-0.15, -0.1) is 0 Å². The van der Waals surface area contributed by atoms with Crippen LogP contribution in [0.2, 0.25) is 0 Å². The van der Waals surface area contributed by atoms with Gasteiger partial charge in [-0.2, -0.15) is 0 Å². The van der Waals surface area contributed by atoms with Crippen molar-refractivity contribution in [1.82, 2.24) is 9.80 Å². The Morgan fingerprint density at radius 2 is 1.78 bits per heavy atom. The molecule has 2 aliphatic heterocycles. The fraction of sp³-hybridized carbons (Fsp3) is 0.581. The number of likely N-dealkylation sites (tertiary alicyclic amines) is 1. The van der Waals surface area contributed by atoms with Gasteiger partial charge in [-0.25, -0.2) is 9.18 Å². The molecule has 1 spiro atoms. The Kier molecular flexibility index (Phi) is 6.37. The van der Waals surface area contributed by atoms with E-state index in [-0.39, 0.29) is 29.0 Å². The third-order valence-electron chi connectivity index (χ3n) is 10.1. The summed E-state index contributed by atoms with van der Waals surface area (Å²) in [6, 6.07) is 11.1. The SMILES string of the molecule is CCOc1cc(-c2ccc(F)cc2)c(C2CC2)cc1CN1CCC2(CC1)CN(C13CC(CP(=O)(O)O)(C1)C3)C(=O)O2. The number of nitrogens with zero attached hydrogens (tertiary/aromatic N) is 2. The highest BCUT2D eigenvalue weighted by Gasteiger charge is 2.74. The molecule has 4 saturated carbocycles. The minimum atomic E-state index is -4.06. The van der Waals surface area contributed by atoms with Crippen molar-refractivity contribution in [3.63, 3.8) is 0 Å². The lowest BCUT2D eigenvalue weighted by Gasteiger charge is -2.72. The van der Waals surface area contributed by atoms with E-state index in [4.69, 9.17) is 9.47 Å². The summed E-state index contributed by atoms with van der Waals surface area (Å²) in [7, 11) is -4.06. The molecule has 10 heteroatoms. The molecular weight excluding hydrogens is 546 g/mol. The van der Waals surface area contributed by atoms with Crippen LogP contribution in [0.25, 0.3) is 11.1 Å². The summed E-state index contributed by atoms with van der Waals surface area (Å²) < 4.78 is 37.3. The number of ether oxygens (including phenoxy) is 2. The topological polar surface area (TPSA) is 99.5 Å². The van der Waals surface area contributed by atoms with Crippen LogP contribution in [0.15, 0.2) is 36.4 Å². The van der Waals surface area contributed by atoms with Crippen LogP contribution in [0, 0.1) is 11.2 Å². The number of carbonyl (C=O) groups excluding carboxylic acids is 1. The van der Waals surface area contributed by atoms with E-state index in [0.717, 1.165) is 67.8 Å². The Morgan fingerprint density at radius 3 is 2.39 bits per heavy atom. The summed E-state index contributed by atoms with van der Waals surface area (Å²) in [6.07, 6.45) is 5.49. The van der Waals surface area contributed by atoms with Crippen LogP contribution in [-0.4, -0.2) is 69.2 Å². The maximum atomic E-state index is 13.6. The number of hydrogen-bond acceptors (Lipinski definition) is 5. The van der Waals surface area contributed by atoms with Crippen LogP contribution < -0.4 is 4.74 Å². The van der Waals surface area contributed by atoms with Gasteiger partial charge >= 0.3 is 13.7 Å². The van der Waals surface area contributed by atoms with Gasteiger partial charge in [0, 0.05) is 43.6 Å². The van der Waals surface area contributed by atoms with E-state index in [1.165, 1.54) is 17.7 Å². The summed E-state index contributed by atoms with van der Waals surface area (Å²) in [5.74, 6) is 1.15. The normalized spacial score (nSPS) is 28.8. The molecular formula is C31H38FN2O6P. The molecule has 0 atom stereocenters. The molecule has 2 aromatic carbocycles. The molecule has 0 unspecified atom stereocenters. The summed E-state index contributed by atoms with van der Waals surface area (Å²) in [5, 5.41) is 0. The van der Waals surface area contributed by atoms with E-state index in [1.807, 2.05) is 24.0 Å². The molecule has 8 nitrogen and oxygen atoms in total. The quantitative estimate of drug-likeness (QED) is 0.367. The highest BCUT2D eigenvalue weighted by Crippen LogP contribution is 2.73.